The molecule has 0 spiro atoms. The van der Waals surface area contributed by atoms with E-state index in [2.05, 4.69) is 54.3 Å². The number of aromatic amines is 1. The highest BCUT2D eigenvalue weighted by Gasteiger charge is 2.38. The minimum absolute atomic E-state index is 0.521. The highest BCUT2D eigenvalue weighted by Crippen LogP contribution is 2.35. The molecule has 1 aliphatic carbocycles. The second kappa shape index (κ2) is 13.7. The summed E-state index contributed by atoms with van der Waals surface area (Å²) < 4.78 is 69.6. The van der Waals surface area contributed by atoms with Crippen LogP contribution < -0.4 is 10.1 Å². The van der Waals surface area contributed by atoms with Gasteiger partial charge in [-0.25, -0.2) is 14.6 Å². The predicted octanol–water partition coefficient (Wildman–Crippen LogP) is 6.99. The number of aliphatic carboxylic acids is 2. The van der Waals surface area contributed by atoms with Crippen molar-refractivity contribution in [2.45, 2.75) is 71.4 Å². The molecule has 1 heterocycles. The highest BCUT2D eigenvalue weighted by atomic mass is 19.4. The Morgan fingerprint density at radius 3 is 2.07 bits per heavy atom. The number of aromatic nitrogens is 2. The summed E-state index contributed by atoms with van der Waals surface area (Å²) in [6, 6.07) is 13.0. The molecule has 0 unspecified atom stereocenters. The number of rotatable bonds is 5. The summed E-state index contributed by atoms with van der Waals surface area (Å²) in [6.45, 7) is 7.80. The molecule has 226 valence electrons. The lowest BCUT2D eigenvalue weighted by atomic mass is 9.75. The van der Waals surface area contributed by atoms with Crippen molar-refractivity contribution in [3.8, 4) is 11.5 Å². The lowest BCUT2D eigenvalue weighted by molar-refractivity contribution is -0.193. The van der Waals surface area contributed by atoms with Crippen molar-refractivity contribution >= 4 is 23.0 Å². The highest BCUT2D eigenvalue weighted by molar-refractivity contribution is 5.76. The third-order valence-corrected chi connectivity index (χ3v) is 6.28. The summed E-state index contributed by atoms with van der Waals surface area (Å²) in [5, 5.41) is 18.0. The van der Waals surface area contributed by atoms with Gasteiger partial charge < -0.3 is 25.3 Å². The van der Waals surface area contributed by atoms with Crippen LogP contribution >= 0.6 is 0 Å². The number of benzene rings is 2. The number of hydrogen-bond donors (Lipinski definition) is 4. The fourth-order valence-corrected chi connectivity index (χ4v) is 3.90. The minimum atomic E-state index is -5.08. The third-order valence-electron chi connectivity index (χ3n) is 6.28. The SMILES string of the molecule is Cc1cc(CNC2CCC(C)(C)CC2)ccc1Oc1ccc2[nH]cnc2c1.O=C(O)C(F)(F)F.O=C(O)C(F)(F)F. The summed E-state index contributed by atoms with van der Waals surface area (Å²) in [5.41, 5.74) is 4.93. The van der Waals surface area contributed by atoms with Gasteiger partial charge in [-0.1, -0.05) is 26.0 Å². The number of fused-ring (bicyclic) bond motifs is 1. The molecule has 1 fully saturated rings. The molecule has 14 heteroatoms. The zero-order chi connectivity index (χ0) is 31.0. The van der Waals surface area contributed by atoms with Gasteiger partial charge in [-0.2, -0.15) is 26.3 Å². The molecule has 1 saturated carbocycles. The first-order valence-corrected chi connectivity index (χ1v) is 12.4. The molecule has 4 rings (SSSR count). The maximum Gasteiger partial charge on any atom is 0.490 e. The average Bonchev–Trinajstić information content (AvgIpc) is 3.32. The molecule has 1 aromatic heterocycles. The van der Waals surface area contributed by atoms with Crippen LogP contribution in [0, 0.1) is 12.3 Å². The van der Waals surface area contributed by atoms with E-state index in [1.165, 1.54) is 31.2 Å². The lowest BCUT2D eigenvalue weighted by Crippen LogP contribution is -2.35. The van der Waals surface area contributed by atoms with E-state index < -0.39 is 24.3 Å². The first-order valence-electron chi connectivity index (χ1n) is 12.4. The molecule has 4 N–H and O–H groups in total. The van der Waals surface area contributed by atoms with Crippen LogP contribution in [0.1, 0.15) is 50.7 Å². The molecule has 8 nitrogen and oxygen atoms in total. The molecule has 0 saturated heterocycles. The van der Waals surface area contributed by atoms with Crippen LogP contribution in [-0.4, -0.2) is 50.5 Å². The normalized spacial score (nSPS) is 15.2. The van der Waals surface area contributed by atoms with Crippen LogP contribution in [0.2, 0.25) is 0 Å². The monoisotopic (exact) mass is 591 g/mol. The summed E-state index contributed by atoms with van der Waals surface area (Å²) >= 11 is 0. The van der Waals surface area contributed by atoms with Crippen LogP contribution in [0.5, 0.6) is 11.5 Å². The van der Waals surface area contributed by atoms with Crippen molar-refractivity contribution in [2.24, 2.45) is 5.41 Å². The summed E-state index contributed by atoms with van der Waals surface area (Å²) in [5.74, 6) is -3.80. The fourth-order valence-electron chi connectivity index (χ4n) is 3.90. The molecule has 2 aromatic carbocycles. The van der Waals surface area contributed by atoms with E-state index in [-0.39, 0.29) is 0 Å². The van der Waals surface area contributed by atoms with Gasteiger partial charge in [0.25, 0.3) is 0 Å². The van der Waals surface area contributed by atoms with Gasteiger partial charge in [0.15, 0.2) is 0 Å². The first-order chi connectivity index (χ1) is 18.9. The number of nitrogens with one attached hydrogen (secondary N) is 2. The Kier molecular flexibility index (Phi) is 11.2. The van der Waals surface area contributed by atoms with Gasteiger partial charge in [-0.05, 0) is 67.3 Å². The maximum atomic E-state index is 10.6. The van der Waals surface area contributed by atoms with Crippen LogP contribution in [0.15, 0.2) is 42.7 Å². The number of imidazole rings is 1. The third kappa shape index (κ3) is 11.3. The fraction of sp³-hybridized carbons (Fsp3) is 0.444. The Morgan fingerprint density at radius 2 is 1.56 bits per heavy atom. The van der Waals surface area contributed by atoms with E-state index in [9.17, 15) is 26.3 Å². The molecule has 41 heavy (non-hydrogen) atoms. The van der Waals surface area contributed by atoms with Gasteiger partial charge in [0.2, 0.25) is 0 Å². The number of H-pyrrole nitrogens is 1. The van der Waals surface area contributed by atoms with Gasteiger partial charge in [0.05, 0.1) is 17.4 Å². The molecule has 3 aromatic rings. The Bertz CT molecular complexity index is 1290. The Hall–Kier alpha value is -3.81. The van der Waals surface area contributed by atoms with E-state index in [1.807, 2.05) is 18.2 Å². The number of carboxylic acids is 2. The Morgan fingerprint density at radius 1 is 1.00 bits per heavy atom. The lowest BCUT2D eigenvalue weighted by Gasteiger charge is -2.34. The molecule has 0 amide bonds. The van der Waals surface area contributed by atoms with Crippen molar-refractivity contribution < 1.29 is 50.9 Å². The summed E-state index contributed by atoms with van der Waals surface area (Å²) in [7, 11) is 0. The van der Waals surface area contributed by atoms with Crippen molar-refractivity contribution in [1.29, 1.82) is 0 Å². The number of carbonyl (C=O) groups is 2. The standard InChI is InChI=1S/C23H29N3O.2C2HF3O2/c1-16-12-17(14-24-18-8-10-23(2,3)11-9-18)4-7-22(16)27-19-5-6-20-21(13-19)26-15-25-20;2*3-2(4,5)1(6)7/h4-7,12-13,15,18,24H,8-11,14H2,1-3H3,(H,25,26);2*(H,6,7). The van der Waals surface area contributed by atoms with Crippen LogP contribution in [0.3, 0.4) is 0 Å². The van der Waals surface area contributed by atoms with Crippen LogP contribution in [0.25, 0.3) is 11.0 Å². The average molecular weight is 592 g/mol. The zero-order valence-corrected chi connectivity index (χ0v) is 22.5. The molecule has 0 radical (unpaired) electrons. The second-order valence-corrected chi connectivity index (χ2v) is 10.2. The van der Waals surface area contributed by atoms with E-state index in [4.69, 9.17) is 24.5 Å². The van der Waals surface area contributed by atoms with Crippen molar-refractivity contribution in [1.82, 2.24) is 15.3 Å². The number of halogens is 6. The van der Waals surface area contributed by atoms with Gasteiger partial charge in [0, 0.05) is 18.7 Å². The molecule has 1 aliphatic rings. The molecule has 0 bridgehead atoms. The number of nitrogens with zero attached hydrogens (tertiary/aromatic N) is 1. The van der Waals surface area contributed by atoms with E-state index in [1.54, 1.807) is 6.33 Å². The molecular weight excluding hydrogens is 560 g/mol. The van der Waals surface area contributed by atoms with Crippen molar-refractivity contribution in [2.75, 3.05) is 0 Å². The van der Waals surface area contributed by atoms with Crippen LogP contribution in [-0.2, 0) is 16.1 Å². The van der Waals surface area contributed by atoms with Crippen LogP contribution in [0.4, 0.5) is 26.3 Å². The van der Waals surface area contributed by atoms with Gasteiger partial charge in [-0.3, -0.25) is 0 Å². The molecular formula is C27H31F6N3O5. The second-order valence-electron chi connectivity index (χ2n) is 10.2. The topological polar surface area (TPSA) is 125 Å². The molecule has 0 aliphatic heterocycles. The maximum absolute atomic E-state index is 10.6. The summed E-state index contributed by atoms with van der Waals surface area (Å²) in [4.78, 5) is 25.2. The van der Waals surface area contributed by atoms with Crippen molar-refractivity contribution in [3.63, 3.8) is 0 Å². The Labute approximate surface area is 231 Å². The smallest absolute Gasteiger partial charge is 0.475 e. The van der Waals surface area contributed by atoms with Gasteiger partial charge in [-0.15, -0.1) is 0 Å². The predicted molar refractivity (Wildman–Crippen MR) is 138 cm³/mol. The number of carboxylic acid groups (broad SMARTS) is 2. The number of aryl methyl sites for hydroxylation is 1. The quantitative estimate of drug-likeness (QED) is 0.236. The van der Waals surface area contributed by atoms with Gasteiger partial charge in [0.1, 0.15) is 11.5 Å². The number of alkyl halides is 6. The zero-order valence-electron chi connectivity index (χ0n) is 22.5. The molecule has 0 atom stereocenters. The first kappa shape index (κ1) is 33.4. The summed E-state index contributed by atoms with van der Waals surface area (Å²) in [6.07, 6.45) is -3.27. The Balaban J connectivity index is 0.000000349. The minimum Gasteiger partial charge on any atom is -0.475 e. The van der Waals surface area contributed by atoms with E-state index >= 15 is 0 Å². The van der Waals surface area contributed by atoms with Gasteiger partial charge >= 0.3 is 24.3 Å². The largest absolute Gasteiger partial charge is 0.490 e. The van der Waals surface area contributed by atoms with Crippen molar-refractivity contribution in [3.05, 3.63) is 53.9 Å². The van der Waals surface area contributed by atoms with E-state index in [0.29, 0.717) is 11.5 Å². The number of ether oxygens (including phenoxy) is 1. The van der Waals surface area contributed by atoms with E-state index in [0.717, 1.165) is 34.6 Å². The number of hydrogen-bond acceptors (Lipinski definition) is 5.